The van der Waals surface area contributed by atoms with Crippen molar-refractivity contribution in [3.63, 3.8) is 0 Å². The molecule has 27 heavy (non-hydrogen) atoms. The van der Waals surface area contributed by atoms with Crippen LogP contribution in [0, 0.1) is 0 Å². The Labute approximate surface area is 161 Å². The lowest BCUT2D eigenvalue weighted by Crippen LogP contribution is -2.23. The molecule has 0 aliphatic heterocycles. The van der Waals surface area contributed by atoms with E-state index < -0.39 is 10.0 Å². The number of hydrogen-bond acceptors (Lipinski definition) is 5. The number of nitrogens with two attached hydrogens (primary N) is 1. The third-order valence-electron chi connectivity index (χ3n) is 3.48. The molecule has 0 spiro atoms. The van der Waals surface area contributed by atoms with Crippen LogP contribution in [0.4, 0.5) is 5.69 Å². The summed E-state index contributed by atoms with van der Waals surface area (Å²) in [6.07, 6.45) is 1.49. The third-order valence-corrected chi connectivity index (χ3v) is 4.61. The van der Waals surface area contributed by atoms with E-state index in [2.05, 4.69) is 15.8 Å². The van der Waals surface area contributed by atoms with Gasteiger partial charge in [0.15, 0.2) is 5.11 Å². The van der Waals surface area contributed by atoms with Gasteiger partial charge in [-0.15, -0.1) is 0 Å². The molecule has 0 bridgehead atoms. The van der Waals surface area contributed by atoms with Crippen molar-refractivity contribution in [1.82, 2.24) is 5.43 Å². The van der Waals surface area contributed by atoms with Crippen molar-refractivity contribution < 1.29 is 12.8 Å². The van der Waals surface area contributed by atoms with Gasteiger partial charge >= 0.3 is 0 Å². The number of primary sulfonamides is 1. The molecule has 0 saturated carbocycles. The molecular formula is C18H16N4O3S2. The zero-order valence-electron chi connectivity index (χ0n) is 14.0. The number of benzene rings is 2. The first-order valence-electron chi connectivity index (χ1n) is 7.80. The number of nitrogens with one attached hydrogen (secondary N) is 2. The van der Waals surface area contributed by atoms with E-state index in [0.29, 0.717) is 16.6 Å². The largest absolute Gasteiger partial charge is 0.455 e. The summed E-state index contributed by atoms with van der Waals surface area (Å²) in [6, 6.07) is 19.1. The zero-order chi connectivity index (χ0) is 19.3. The third kappa shape index (κ3) is 5.23. The van der Waals surface area contributed by atoms with E-state index >= 15 is 0 Å². The van der Waals surface area contributed by atoms with Gasteiger partial charge in [0.05, 0.1) is 11.1 Å². The Morgan fingerprint density at radius 2 is 1.74 bits per heavy atom. The first-order chi connectivity index (χ1) is 12.9. The van der Waals surface area contributed by atoms with Crippen LogP contribution in [-0.4, -0.2) is 19.7 Å². The molecule has 0 saturated heterocycles. The fourth-order valence-corrected chi connectivity index (χ4v) is 2.91. The van der Waals surface area contributed by atoms with Crippen LogP contribution in [0.15, 0.2) is 81.1 Å². The first kappa shape index (κ1) is 18.8. The number of anilines is 1. The molecule has 9 heteroatoms. The normalized spacial score (nSPS) is 11.4. The summed E-state index contributed by atoms with van der Waals surface area (Å²) in [5, 5.41) is 12.5. The number of nitrogens with zero attached hydrogens (tertiary/aromatic N) is 1. The van der Waals surface area contributed by atoms with Crippen LogP contribution in [0.25, 0.3) is 11.3 Å². The molecule has 0 aliphatic rings. The minimum atomic E-state index is -3.72. The molecule has 3 aromatic rings. The van der Waals surface area contributed by atoms with Gasteiger partial charge in [0.25, 0.3) is 0 Å². The van der Waals surface area contributed by atoms with Gasteiger partial charge in [0.2, 0.25) is 10.0 Å². The van der Waals surface area contributed by atoms with Gasteiger partial charge < -0.3 is 9.73 Å². The Morgan fingerprint density at radius 3 is 2.41 bits per heavy atom. The fourth-order valence-electron chi connectivity index (χ4n) is 2.22. The number of hydrazone groups is 1. The van der Waals surface area contributed by atoms with Crippen molar-refractivity contribution in [1.29, 1.82) is 0 Å². The molecule has 1 heterocycles. The molecular weight excluding hydrogens is 384 g/mol. The van der Waals surface area contributed by atoms with E-state index in [9.17, 15) is 8.42 Å². The molecule has 0 atom stereocenters. The van der Waals surface area contributed by atoms with E-state index in [1.807, 2.05) is 30.3 Å². The van der Waals surface area contributed by atoms with Crippen LogP contribution < -0.4 is 15.9 Å². The van der Waals surface area contributed by atoms with E-state index in [0.717, 1.165) is 11.3 Å². The second kappa shape index (κ2) is 8.12. The lowest BCUT2D eigenvalue weighted by Gasteiger charge is -2.05. The summed E-state index contributed by atoms with van der Waals surface area (Å²) in [5.41, 5.74) is 4.28. The van der Waals surface area contributed by atoms with E-state index in [1.54, 1.807) is 24.3 Å². The maximum absolute atomic E-state index is 11.3. The van der Waals surface area contributed by atoms with Gasteiger partial charge in [-0.1, -0.05) is 18.2 Å². The number of thiocarbonyl (C=S) groups is 1. The van der Waals surface area contributed by atoms with Gasteiger partial charge in [-0.2, -0.15) is 5.10 Å². The average molecular weight is 400 g/mol. The predicted molar refractivity (Wildman–Crippen MR) is 109 cm³/mol. The molecule has 0 aliphatic carbocycles. The van der Waals surface area contributed by atoms with Crippen molar-refractivity contribution in [2.75, 3.05) is 5.32 Å². The smallest absolute Gasteiger partial charge is 0.238 e. The van der Waals surface area contributed by atoms with Crippen molar-refractivity contribution in [2.45, 2.75) is 4.90 Å². The van der Waals surface area contributed by atoms with Gasteiger partial charge in [-0.3, -0.25) is 5.43 Å². The molecule has 138 valence electrons. The Bertz CT molecular complexity index is 1060. The van der Waals surface area contributed by atoms with Gasteiger partial charge in [0, 0.05) is 11.3 Å². The van der Waals surface area contributed by atoms with Crippen molar-refractivity contribution >= 4 is 39.3 Å². The number of sulfonamides is 1. The quantitative estimate of drug-likeness (QED) is 0.345. The first-order valence-corrected chi connectivity index (χ1v) is 9.75. The van der Waals surface area contributed by atoms with Crippen LogP contribution in [-0.2, 0) is 10.0 Å². The highest BCUT2D eigenvalue weighted by atomic mass is 32.2. The molecule has 1 aromatic heterocycles. The molecule has 7 nitrogen and oxygen atoms in total. The van der Waals surface area contributed by atoms with Crippen LogP contribution >= 0.6 is 12.2 Å². The summed E-state index contributed by atoms with van der Waals surface area (Å²) < 4.78 is 28.2. The number of furan rings is 1. The summed E-state index contributed by atoms with van der Waals surface area (Å²) in [7, 11) is -3.72. The number of rotatable bonds is 5. The van der Waals surface area contributed by atoms with E-state index in [1.165, 1.54) is 18.3 Å². The maximum atomic E-state index is 11.3. The maximum Gasteiger partial charge on any atom is 0.238 e. The highest BCUT2D eigenvalue weighted by Gasteiger charge is 2.09. The standard InChI is InChI=1S/C18H16N4O3S2/c19-27(23,24)16-9-6-13(7-10-16)17-11-8-15(25-17)12-20-22-18(26)21-14-4-2-1-3-5-14/h1-12H,(H2,19,23,24)(H2,21,22,26). The van der Waals surface area contributed by atoms with Crippen LogP contribution in [0.5, 0.6) is 0 Å². The van der Waals surface area contributed by atoms with E-state index in [-0.39, 0.29) is 4.90 Å². The minimum absolute atomic E-state index is 0.0446. The monoisotopic (exact) mass is 400 g/mol. The van der Waals surface area contributed by atoms with Crippen LogP contribution in [0.2, 0.25) is 0 Å². The minimum Gasteiger partial charge on any atom is -0.455 e. The van der Waals surface area contributed by atoms with Crippen molar-refractivity contribution in [2.24, 2.45) is 10.2 Å². The molecule has 3 rings (SSSR count). The molecule has 2 aromatic carbocycles. The summed E-state index contributed by atoms with van der Waals surface area (Å²) >= 11 is 5.15. The Balaban J connectivity index is 1.60. The Hall–Kier alpha value is -3.01. The Kier molecular flexibility index (Phi) is 5.65. The van der Waals surface area contributed by atoms with Crippen molar-refractivity contribution in [3.8, 4) is 11.3 Å². The topological polar surface area (TPSA) is 110 Å². The fraction of sp³-hybridized carbons (Fsp3) is 0. The number of hydrogen-bond donors (Lipinski definition) is 3. The molecule has 4 N–H and O–H groups in total. The summed E-state index contributed by atoms with van der Waals surface area (Å²) in [4.78, 5) is 0.0446. The number of para-hydroxylation sites is 1. The molecule has 0 fully saturated rings. The van der Waals surface area contributed by atoms with Gasteiger partial charge in [-0.05, 0) is 60.7 Å². The average Bonchev–Trinajstić information content (AvgIpc) is 3.11. The second-order valence-electron chi connectivity index (χ2n) is 5.46. The molecule has 0 radical (unpaired) electrons. The predicted octanol–water partition coefficient (Wildman–Crippen LogP) is 2.91. The zero-order valence-corrected chi connectivity index (χ0v) is 15.6. The molecule has 0 amide bonds. The Morgan fingerprint density at radius 1 is 1.04 bits per heavy atom. The van der Waals surface area contributed by atoms with E-state index in [4.69, 9.17) is 21.8 Å². The van der Waals surface area contributed by atoms with Crippen LogP contribution in [0.3, 0.4) is 0 Å². The van der Waals surface area contributed by atoms with Crippen LogP contribution in [0.1, 0.15) is 5.76 Å². The van der Waals surface area contributed by atoms with Crippen molar-refractivity contribution in [3.05, 3.63) is 72.5 Å². The van der Waals surface area contributed by atoms with Gasteiger partial charge in [0.1, 0.15) is 11.5 Å². The highest BCUT2D eigenvalue weighted by molar-refractivity contribution is 7.89. The molecule has 0 unspecified atom stereocenters. The summed E-state index contributed by atoms with van der Waals surface area (Å²) in [5.74, 6) is 1.08. The highest BCUT2D eigenvalue weighted by Crippen LogP contribution is 2.22. The second-order valence-corrected chi connectivity index (χ2v) is 7.43. The lowest BCUT2D eigenvalue weighted by molar-refractivity contribution is 0.574. The lowest BCUT2D eigenvalue weighted by atomic mass is 10.2. The van der Waals surface area contributed by atoms with Gasteiger partial charge in [-0.25, -0.2) is 13.6 Å². The summed E-state index contributed by atoms with van der Waals surface area (Å²) in [6.45, 7) is 0. The SMILES string of the molecule is NS(=O)(=O)c1ccc(-c2ccc(C=NNC(=S)Nc3ccccc3)o2)cc1.